The lowest BCUT2D eigenvalue weighted by Crippen LogP contribution is -2.46. The minimum absolute atomic E-state index is 0.0839. The van der Waals surface area contributed by atoms with Crippen LogP contribution in [0.15, 0.2) is 29.6 Å². The molecule has 1 saturated carbocycles. The lowest BCUT2D eigenvalue weighted by molar-refractivity contribution is -0.133. The van der Waals surface area contributed by atoms with E-state index in [1.54, 1.807) is 30.1 Å². The highest BCUT2D eigenvalue weighted by molar-refractivity contribution is 7.90. The Bertz CT molecular complexity index is 1430. The topological polar surface area (TPSA) is 112 Å². The van der Waals surface area contributed by atoms with E-state index >= 15 is 0 Å². The third kappa shape index (κ3) is 3.85. The van der Waals surface area contributed by atoms with Crippen LogP contribution in [-0.4, -0.2) is 53.7 Å². The molecular formula is C22H22F2N4O5S. The van der Waals surface area contributed by atoms with Gasteiger partial charge in [0.05, 0.1) is 11.7 Å². The largest absolute Gasteiger partial charge is 0.483 e. The van der Waals surface area contributed by atoms with Crippen molar-refractivity contribution < 1.29 is 31.5 Å². The van der Waals surface area contributed by atoms with Crippen molar-refractivity contribution in [3.05, 3.63) is 24.5 Å². The molecular weight excluding hydrogens is 470 g/mol. The average Bonchev–Trinajstić information content (AvgIpc) is 3.57. The summed E-state index contributed by atoms with van der Waals surface area (Å²) in [5, 5.41) is 2.89. The molecule has 1 atom stereocenters. The Morgan fingerprint density at radius 3 is 2.68 bits per heavy atom. The highest BCUT2D eigenvalue weighted by Gasteiger charge is 2.55. The fourth-order valence-corrected chi connectivity index (χ4v) is 4.65. The molecule has 2 aliphatic rings. The zero-order valence-corrected chi connectivity index (χ0v) is 19.4. The number of amides is 1. The van der Waals surface area contributed by atoms with E-state index in [9.17, 15) is 22.0 Å². The number of aromatic nitrogens is 3. The minimum atomic E-state index is -3.80. The molecule has 0 spiro atoms. The van der Waals surface area contributed by atoms with Crippen LogP contribution in [-0.2, 0) is 21.7 Å². The number of halogens is 2. The molecule has 180 valence electrons. The normalized spacial score (nSPS) is 18.2. The van der Waals surface area contributed by atoms with E-state index in [1.807, 2.05) is 0 Å². The SMILES string of the molecule is CC(=O)Nc1cc2c(-c3nc(S(C)(=O)=O)cc4c3OCC(C(F)(F)C3CC3)O4)cn(C)c2cn1. The second-order valence-corrected chi connectivity index (χ2v) is 10.7. The molecule has 0 bridgehead atoms. The number of alkyl halides is 2. The first-order valence-corrected chi connectivity index (χ1v) is 12.5. The third-order valence-corrected chi connectivity index (χ3v) is 6.90. The van der Waals surface area contributed by atoms with Crippen molar-refractivity contribution in [1.29, 1.82) is 0 Å². The lowest BCUT2D eigenvalue weighted by Gasteiger charge is -2.32. The molecule has 1 N–H and O–H groups in total. The summed E-state index contributed by atoms with van der Waals surface area (Å²) in [6, 6.07) is 2.75. The molecule has 4 heterocycles. The zero-order valence-electron chi connectivity index (χ0n) is 18.6. The molecule has 34 heavy (non-hydrogen) atoms. The molecule has 1 aliphatic heterocycles. The Balaban J connectivity index is 1.68. The van der Waals surface area contributed by atoms with Gasteiger partial charge in [-0.15, -0.1) is 0 Å². The van der Waals surface area contributed by atoms with Crippen LogP contribution in [0.4, 0.5) is 14.6 Å². The van der Waals surface area contributed by atoms with E-state index in [0.717, 1.165) is 12.3 Å². The van der Waals surface area contributed by atoms with Crippen molar-refractivity contribution in [2.75, 3.05) is 18.2 Å². The summed E-state index contributed by atoms with van der Waals surface area (Å²) in [6.07, 6.45) is 3.53. The predicted octanol–water partition coefficient (Wildman–Crippen LogP) is 3.18. The maximum atomic E-state index is 14.7. The first kappa shape index (κ1) is 22.5. The van der Waals surface area contributed by atoms with Crippen LogP contribution in [0.5, 0.6) is 11.5 Å². The lowest BCUT2D eigenvalue weighted by atomic mass is 10.1. The number of rotatable bonds is 5. The van der Waals surface area contributed by atoms with Crippen LogP contribution >= 0.6 is 0 Å². The molecule has 0 aromatic carbocycles. The van der Waals surface area contributed by atoms with Gasteiger partial charge in [-0.1, -0.05) is 0 Å². The Morgan fingerprint density at radius 1 is 1.29 bits per heavy atom. The van der Waals surface area contributed by atoms with Crippen LogP contribution in [0.2, 0.25) is 0 Å². The summed E-state index contributed by atoms with van der Waals surface area (Å²) in [7, 11) is -2.04. The molecule has 12 heteroatoms. The van der Waals surface area contributed by atoms with Gasteiger partial charge in [-0.05, 0) is 18.9 Å². The maximum Gasteiger partial charge on any atom is 0.290 e. The molecule has 1 unspecified atom stereocenters. The Hall–Kier alpha value is -3.28. The number of aryl methyl sites for hydroxylation is 1. The molecule has 3 aromatic rings. The highest BCUT2D eigenvalue weighted by atomic mass is 32.2. The number of nitrogens with zero attached hydrogens (tertiary/aromatic N) is 3. The van der Waals surface area contributed by atoms with E-state index in [1.165, 1.54) is 6.92 Å². The van der Waals surface area contributed by atoms with Gasteiger partial charge >= 0.3 is 0 Å². The number of pyridine rings is 2. The van der Waals surface area contributed by atoms with Gasteiger partial charge in [0.15, 0.2) is 32.5 Å². The van der Waals surface area contributed by atoms with Crippen molar-refractivity contribution in [2.45, 2.75) is 36.8 Å². The highest BCUT2D eigenvalue weighted by Crippen LogP contribution is 2.50. The second-order valence-electron chi connectivity index (χ2n) is 8.70. The van der Waals surface area contributed by atoms with Crippen LogP contribution < -0.4 is 14.8 Å². The number of nitrogens with one attached hydrogen (secondary N) is 1. The van der Waals surface area contributed by atoms with Gasteiger partial charge in [0.2, 0.25) is 5.91 Å². The van der Waals surface area contributed by atoms with E-state index in [2.05, 4.69) is 15.3 Å². The predicted molar refractivity (Wildman–Crippen MR) is 119 cm³/mol. The van der Waals surface area contributed by atoms with Gasteiger partial charge in [0.25, 0.3) is 5.92 Å². The minimum Gasteiger partial charge on any atom is -0.483 e. The van der Waals surface area contributed by atoms with Gasteiger partial charge in [-0.3, -0.25) is 4.79 Å². The molecule has 5 rings (SSSR count). The molecule has 1 aliphatic carbocycles. The summed E-state index contributed by atoms with van der Waals surface area (Å²) in [5.41, 5.74) is 1.29. The van der Waals surface area contributed by atoms with Crippen LogP contribution in [0.1, 0.15) is 19.8 Å². The van der Waals surface area contributed by atoms with Gasteiger partial charge in [-0.2, -0.15) is 0 Å². The van der Waals surface area contributed by atoms with E-state index < -0.39 is 34.4 Å². The average molecular weight is 493 g/mol. The Kier molecular flexibility index (Phi) is 5.04. The number of sulfone groups is 1. The Labute approximate surface area is 194 Å². The van der Waals surface area contributed by atoms with Crippen LogP contribution in [0.25, 0.3) is 22.2 Å². The molecule has 0 radical (unpaired) electrons. The fraction of sp³-hybridized carbons (Fsp3) is 0.409. The summed E-state index contributed by atoms with van der Waals surface area (Å²) >= 11 is 0. The third-order valence-electron chi connectivity index (χ3n) is 5.93. The van der Waals surface area contributed by atoms with E-state index in [0.29, 0.717) is 35.1 Å². The van der Waals surface area contributed by atoms with E-state index in [4.69, 9.17) is 9.47 Å². The summed E-state index contributed by atoms with van der Waals surface area (Å²) in [5.74, 6) is -3.89. The molecule has 9 nitrogen and oxygen atoms in total. The van der Waals surface area contributed by atoms with Crippen molar-refractivity contribution in [3.8, 4) is 22.8 Å². The first-order chi connectivity index (χ1) is 15.9. The molecule has 3 aromatic heterocycles. The number of carbonyl (C=O) groups is 1. The van der Waals surface area contributed by atoms with Gasteiger partial charge in [0, 0.05) is 49.4 Å². The van der Waals surface area contributed by atoms with E-state index in [-0.39, 0.29) is 28.1 Å². The summed E-state index contributed by atoms with van der Waals surface area (Å²) < 4.78 is 67.3. The second kappa shape index (κ2) is 7.62. The fourth-order valence-electron chi connectivity index (χ4n) is 4.07. The van der Waals surface area contributed by atoms with Crippen molar-refractivity contribution in [2.24, 2.45) is 13.0 Å². The van der Waals surface area contributed by atoms with Crippen LogP contribution in [0, 0.1) is 5.92 Å². The number of ether oxygens (including phenoxy) is 2. The van der Waals surface area contributed by atoms with Gasteiger partial charge in [0.1, 0.15) is 18.1 Å². The number of carbonyl (C=O) groups excluding carboxylic acids is 1. The standard InChI is InChI=1S/C22H22F2N4O5S/c1-11(29)26-18-6-13-14(9-28(2)15(13)8-25-18)20-21-16(7-19(27-20)34(3,30)31)33-17(10-32-21)22(23,24)12-4-5-12/h6-9,12,17H,4-5,10H2,1-3H3,(H,25,26,29). The molecule has 1 amide bonds. The Morgan fingerprint density at radius 2 is 2.03 bits per heavy atom. The number of fused-ring (bicyclic) bond motifs is 2. The zero-order chi connectivity index (χ0) is 24.4. The molecule has 1 fully saturated rings. The van der Waals surface area contributed by atoms with Crippen molar-refractivity contribution >= 4 is 32.5 Å². The monoisotopic (exact) mass is 492 g/mol. The first-order valence-electron chi connectivity index (χ1n) is 10.6. The van der Waals surface area contributed by atoms with Crippen molar-refractivity contribution in [3.63, 3.8) is 0 Å². The number of anilines is 1. The summed E-state index contributed by atoms with van der Waals surface area (Å²) in [6.45, 7) is 0.956. The number of hydrogen-bond acceptors (Lipinski definition) is 7. The van der Waals surface area contributed by atoms with Crippen LogP contribution in [0.3, 0.4) is 0 Å². The number of hydrogen-bond donors (Lipinski definition) is 1. The van der Waals surface area contributed by atoms with Gasteiger partial charge < -0.3 is 19.4 Å². The van der Waals surface area contributed by atoms with Gasteiger partial charge in [-0.25, -0.2) is 27.2 Å². The molecule has 0 saturated heterocycles. The summed E-state index contributed by atoms with van der Waals surface area (Å²) in [4.78, 5) is 20.0. The maximum absolute atomic E-state index is 14.7. The van der Waals surface area contributed by atoms with Crippen molar-refractivity contribution in [1.82, 2.24) is 14.5 Å². The smallest absolute Gasteiger partial charge is 0.290 e. The quantitative estimate of drug-likeness (QED) is 0.582.